The Labute approximate surface area is 173 Å². The van der Waals surface area contributed by atoms with Crippen LogP contribution < -0.4 is 10.6 Å². The van der Waals surface area contributed by atoms with E-state index in [1.807, 2.05) is 50.4 Å². The number of esters is 1. The predicted molar refractivity (Wildman–Crippen MR) is 116 cm³/mol. The minimum absolute atomic E-state index is 0.0165. The molecule has 0 bridgehead atoms. The summed E-state index contributed by atoms with van der Waals surface area (Å²) in [6.45, 7) is 4.02. The number of pyridine rings is 1. The molecular formula is C23H31N3O3. The highest BCUT2D eigenvalue weighted by Crippen LogP contribution is 2.28. The Kier molecular flexibility index (Phi) is 8.65. The second-order valence-corrected chi connectivity index (χ2v) is 7.05. The van der Waals surface area contributed by atoms with Crippen LogP contribution in [0.1, 0.15) is 44.7 Å². The summed E-state index contributed by atoms with van der Waals surface area (Å²) in [5.74, 6) is -0.783. The van der Waals surface area contributed by atoms with Gasteiger partial charge in [0.25, 0.3) is 0 Å². The van der Waals surface area contributed by atoms with Crippen LogP contribution in [-0.4, -0.2) is 37.6 Å². The fourth-order valence-electron chi connectivity index (χ4n) is 3.28. The van der Waals surface area contributed by atoms with E-state index in [0.29, 0.717) is 25.1 Å². The van der Waals surface area contributed by atoms with Crippen LogP contribution in [-0.2, 0) is 14.3 Å². The summed E-state index contributed by atoms with van der Waals surface area (Å²) in [6, 6.07) is 12.0. The number of carbonyl (C=O) groups is 2. The standard InChI is InChI=1S/C23H31N3O3/c1-5-29-23(28)20(8-6-7-16(2)22(27)25-4)21-15-18(13-14-26-21)17-9-11-19(24-3)12-10-17/h9-16,20,24H,5-8H2,1-4H3,(H,25,27). The van der Waals surface area contributed by atoms with Crippen LogP contribution >= 0.6 is 0 Å². The van der Waals surface area contributed by atoms with Gasteiger partial charge in [0.2, 0.25) is 5.91 Å². The quantitative estimate of drug-likeness (QED) is 0.593. The topological polar surface area (TPSA) is 80.3 Å². The lowest BCUT2D eigenvalue weighted by Gasteiger charge is -2.17. The Balaban J connectivity index is 2.19. The number of anilines is 1. The van der Waals surface area contributed by atoms with E-state index in [-0.39, 0.29) is 17.8 Å². The van der Waals surface area contributed by atoms with E-state index in [2.05, 4.69) is 15.6 Å². The van der Waals surface area contributed by atoms with Gasteiger partial charge >= 0.3 is 5.97 Å². The van der Waals surface area contributed by atoms with Gasteiger partial charge in [-0.05, 0) is 55.2 Å². The smallest absolute Gasteiger partial charge is 0.315 e. The first-order valence-electron chi connectivity index (χ1n) is 10.1. The number of amides is 1. The molecular weight excluding hydrogens is 366 g/mol. The molecule has 6 nitrogen and oxygen atoms in total. The van der Waals surface area contributed by atoms with Crippen LogP contribution in [0.3, 0.4) is 0 Å². The molecule has 6 heteroatoms. The maximum absolute atomic E-state index is 12.6. The lowest BCUT2D eigenvalue weighted by molar-refractivity contribution is -0.145. The largest absolute Gasteiger partial charge is 0.465 e. The first-order chi connectivity index (χ1) is 14.0. The first kappa shape index (κ1) is 22.4. The number of ether oxygens (including phenoxy) is 1. The lowest BCUT2D eigenvalue weighted by Crippen LogP contribution is -2.25. The minimum Gasteiger partial charge on any atom is -0.465 e. The monoisotopic (exact) mass is 397 g/mol. The van der Waals surface area contributed by atoms with Gasteiger partial charge in [-0.2, -0.15) is 0 Å². The summed E-state index contributed by atoms with van der Waals surface area (Å²) in [5.41, 5.74) is 3.80. The third kappa shape index (κ3) is 6.31. The van der Waals surface area contributed by atoms with Crippen molar-refractivity contribution in [2.75, 3.05) is 26.0 Å². The fraction of sp³-hybridized carbons (Fsp3) is 0.435. The first-order valence-corrected chi connectivity index (χ1v) is 10.1. The van der Waals surface area contributed by atoms with Gasteiger partial charge in [0.05, 0.1) is 18.2 Å². The van der Waals surface area contributed by atoms with Crippen molar-refractivity contribution in [2.24, 2.45) is 5.92 Å². The molecule has 1 aromatic carbocycles. The average molecular weight is 398 g/mol. The van der Waals surface area contributed by atoms with Gasteiger partial charge in [0, 0.05) is 31.9 Å². The van der Waals surface area contributed by atoms with E-state index in [1.54, 1.807) is 20.2 Å². The number of rotatable bonds is 10. The molecule has 0 saturated heterocycles. The molecule has 0 fully saturated rings. The molecule has 0 aliphatic rings. The van der Waals surface area contributed by atoms with Crippen LogP contribution in [0.25, 0.3) is 11.1 Å². The number of nitrogens with zero attached hydrogens (tertiary/aromatic N) is 1. The molecule has 0 spiro atoms. The van der Waals surface area contributed by atoms with Gasteiger partial charge in [0.15, 0.2) is 0 Å². The van der Waals surface area contributed by atoms with E-state index < -0.39 is 5.92 Å². The Hall–Kier alpha value is -2.89. The highest BCUT2D eigenvalue weighted by molar-refractivity contribution is 5.79. The number of benzene rings is 1. The average Bonchev–Trinajstić information content (AvgIpc) is 2.76. The zero-order valence-corrected chi connectivity index (χ0v) is 17.7. The van der Waals surface area contributed by atoms with Gasteiger partial charge < -0.3 is 15.4 Å². The second kappa shape index (κ2) is 11.2. The predicted octanol–water partition coefficient (Wildman–Crippen LogP) is 3.99. The molecule has 0 aliphatic heterocycles. The molecule has 0 aliphatic carbocycles. The molecule has 2 rings (SSSR count). The highest BCUT2D eigenvalue weighted by atomic mass is 16.5. The summed E-state index contributed by atoms with van der Waals surface area (Å²) in [4.78, 5) is 28.8. The zero-order valence-electron chi connectivity index (χ0n) is 17.7. The molecule has 2 N–H and O–H groups in total. The number of hydrogen-bond donors (Lipinski definition) is 2. The van der Waals surface area contributed by atoms with Crippen LogP contribution in [0.4, 0.5) is 5.69 Å². The van der Waals surface area contributed by atoms with Crippen molar-refractivity contribution in [1.29, 1.82) is 0 Å². The number of hydrogen-bond acceptors (Lipinski definition) is 5. The normalized spacial score (nSPS) is 12.7. The van der Waals surface area contributed by atoms with E-state index in [1.165, 1.54) is 0 Å². The molecule has 1 heterocycles. The summed E-state index contributed by atoms with van der Waals surface area (Å²) >= 11 is 0. The van der Waals surface area contributed by atoms with Crippen LogP contribution in [0, 0.1) is 5.92 Å². The van der Waals surface area contributed by atoms with Crippen LogP contribution in [0.2, 0.25) is 0 Å². The maximum Gasteiger partial charge on any atom is 0.315 e. The maximum atomic E-state index is 12.6. The molecule has 1 amide bonds. The Morgan fingerprint density at radius 1 is 1.07 bits per heavy atom. The lowest BCUT2D eigenvalue weighted by atomic mass is 9.93. The summed E-state index contributed by atoms with van der Waals surface area (Å²) < 4.78 is 5.29. The summed E-state index contributed by atoms with van der Waals surface area (Å²) in [7, 11) is 3.52. The van der Waals surface area contributed by atoms with E-state index in [0.717, 1.165) is 23.2 Å². The molecule has 2 atom stereocenters. The Morgan fingerprint density at radius 2 is 1.79 bits per heavy atom. The molecule has 156 valence electrons. The molecule has 0 radical (unpaired) electrons. The van der Waals surface area contributed by atoms with Crippen LogP contribution in [0.15, 0.2) is 42.6 Å². The third-order valence-corrected chi connectivity index (χ3v) is 5.04. The highest BCUT2D eigenvalue weighted by Gasteiger charge is 2.24. The van der Waals surface area contributed by atoms with Crippen molar-refractivity contribution in [3.8, 4) is 11.1 Å². The summed E-state index contributed by atoms with van der Waals surface area (Å²) in [6.07, 6.45) is 3.77. The van der Waals surface area contributed by atoms with Crippen LogP contribution in [0.5, 0.6) is 0 Å². The van der Waals surface area contributed by atoms with E-state index in [4.69, 9.17) is 4.74 Å². The molecule has 2 unspecified atom stereocenters. The van der Waals surface area contributed by atoms with Gasteiger partial charge in [-0.15, -0.1) is 0 Å². The van der Waals surface area contributed by atoms with Gasteiger partial charge in [-0.1, -0.05) is 25.5 Å². The van der Waals surface area contributed by atoms with Crippen molar-refractivity contribution in [3.63, 3.8) is 0 Å². The number of carbonyl (C=O) groups excluding carboxylic acids is 2. The number of aromatic nitrogens is 1. The van der Waals surface area contributed by atoms with Crippen molar-refractivity contribution < 1.29 is 14.3 Å². The van der Waals surface area contributed by atoms with Crippen molar-refractivity contribution in [3.05, 3.63) is 48.3 Å². The zero-order chi connectivity index (χ0) is 21.2. The second-order valence-electron chi connectivity index (χ2n) is 7.05. The van der Waals surface area contributed by atoms with E-state index in [9.17, 15) is 9.59 Å². The minimum atomic E-state index is -0.441. The third-order valence-electron chi connectivity index (χ3n) is 5.04. The summed E-state index contributed by atoms with van der Waals surface area (Å²) in [5, 5.41) is 5.77. The fourth-order valence-corrected chi connectivity index (χ4v) is 3.28. The molecule has 29 heavy (non-hydrogen) atoms. The van der Waals surface area contributed by atoms with Crippen molar-refractivity contribution >= 4 is 17.6 Å². The molecule has 2 aromatic rings. The van der Waals surface area contributed by atoms with Gasteiger partial charge in [0.1, 0.15) is 0 Å². The van der Waals surface area contributed by atoms with Crippen molar-refractivity contribution in [1.82, 2.24) is 10.3 Å². The van der Waals surface area contributed by atoms with Gasteiger partial charge in [-0.25, -0.2) is 0 Å². The SMILES string of the molecule is CCOC(=O)C(CCCC(C)C(=O)NC)c1cc(-c2ccc(NC)cc2)ccn1. The molecule has 1 aromatic heterocycles. The Bertz CT molecular complexity index is 805. The van der Waals surface area contributed by atoms with Crippen molar-refractivity contribution in [2.45, 2.75) is 39.0 Å². The number of nitrogens with one attached hydrogen (secondary N) is 2. The molecule has 0 saturated carbocycles. The van der Waals surface area contributed by atoms with E-state index >= 15 is 0 Å². The van der Waals surface area contributed by atoms with Gasteiger partial charge in [-0.3, -0.25) is 14.6 Å². The Morgan fingerprint density at radius 3 is 2.41 bits per heavy atom.